The van der Waals surface area contributed by atoms with Gasteiger partial charge < -0.3 is 9.72 Å². The molecule has 1 N–H and O–H groups in total. The van der Waals surface area contributed by atoms with E-state index in [9.17, 15) is 0 Å². The van der Waals surface area contributed by atoms with Gasteiger partial charge in [-0.2, -0.15) is 0 Å². The molecule has 0 spiro atoms. The number of anilines is 1. The van der Waals surface area contributed by atoms with E-state index in [4.69, 9.17) is 11.6 Å². The van der Waals surface area contributed by atoms with E-state index in [0.29, 0.717) is 6.54 Å². The summed E-state index contributed by atoms with van der Waals surface area (Å²) in [5.74, 6) is 0. The molecule has 0 unspecified atom stereocenters. The Hall–Kier alpha value is -2.00. The molecule has 0 amide bonds. The molecule has 0 radical (unpaired) electrons. The average molecular weight is 272 g/mol. The molecular formula is C15H14ClN3. The summed E-state index contributed by atoms with van der Waals surface area (Å²) in [6, 6.07) is 13.8. The van der Waals surface area contributed by atoms with Crippen LogP contribution in [0.25, 0.3) is 5.65 Å². The van der Waals surface area contributed by atoms with Crippen LogP contribution in [0, 0.1) is 6.92 Å². The molecule has 2 aromatic heterocycles. The number of halogens is 1. The lowest BCUT2D eigenvalue weighted by Gasteiger charge is -2.03. The van der Waals surface area contributed by atoms with E-state index in [1.54, 1.807) is 0 Å². The molecule has 3 aromatic rings. The van der Waals surface area contributed by atoms with Gasteiger partial charge in [-0.3, -0.25) is 0 Å². The fourth-order valence-corrected chi connectivity index (χ4v) is 2.27. The van der Waals surface area contributed by atoms with Crippen LogP contribution in [0.15, 0.2) is 48.7 Å². The number of nitrogens with zero attached hydrogens (tertiary/aromatic N) is 2. The third-order valence-corrected chi connectivity index (χ3v) is 3.28. The highest BCUT2D eigenvalue weighted by molar-refractivity contribution is 6.30. The van der Waals surface area contributed by atoms with Crippen molar-refractivity contribution in [1.29, 1.82) is 0 Å². The molecule has 0 aliphatic rings. The molecule has 0 saturated carbocycles. The molecule has 1 aromatic carbocycles. The number of pyridine rings is 1. The van der Waals surface area contributed by atoms with Crippen LogP contribution in [0.3, 0.4) is 0 Å². The molecular weight excluding hydrogens is 258 g/mol. The zero-order valence-electron chi connectivity index (χ0n) is 10.6. The summed E-state index contributed by atoms with van der Waals surface area (Å²) in [6.07, 6.45) is 2.06. The fourth-order valence-electron chi connectivity index (χ4n) is 2.08. The Morgan fingerprint density at radius 1 is 1.21 bits per heavy atom. The van der Waals surface area contributed by atoms with Crippen molar-refractivity contribution in [2.75, 3.05) is 5.32 Å². The normalized spacial score (nSPS) is 10.8. The van der Waals surface area contributed by atoms with E-state index in [-0.39, 0.29) is 0 Å². The molecule has 96 valence electrons. The van der Waals surface area contributed by atoms with Gasteiger partial charge in [-0.25, -0.2) is 4.98 Å². The summed E-state index contributed by atoms with van der Waals surface area (Å²) in [7, 11) is 0. The van der Waals surface area contributed by atoms with Crippen molar-refractivity contribution in [3.63, 3.8) is 0 Å². The van der Waals surface area contributed by atoms with Crippen molar-refractivity contribution < 1.29 is 0 Å². The first-order chi connectivity index (χ1) is 9.22. The second-order valence-electron chi connectivity index (χ2n) is 4.49. The minimum Gasteiger partial charge on any atom is -0.379 e. The smallest absolute Gasteiger partial charge is 0.137 e. The number of imidazole rings is 1. The first kappa shape index (κ1) is 12.1. The molecule has 0 saturated heterocycles. The van der Waals surface area contributed by atoms with Crippen molar-refractivity contribution in [2.45, 2.75) is 13.5 Å². The first-order valence-corrected chi connectivity index (χ1v) is 6.53. The monoisotopic (exact) mass is 271 g/mol. The van der Waals surface area contributed by atoms with E-state index in [1.165, 1.54) is 5.69 Å². The largest absolute Gasteiger partial charge is 0.379 e. The SMILES string of the molecule is Cc1cccc2nc(CNc3cccc(Cl)c3)cn12. The van der Waals surface area contributed by atoms with E-state index >= 15 is 0 Å². The van der Waals surface area contributed by atoms with Gasteiger partial charge in [0, 0.05) is 22.6 Å². The zero-order chi connectivity index (χ0) is 13.2. The fraction of sp³-hybridized carbons (Fsp3) is 0.133. The molecule has 3 nitrogen and oxygen atoms in total. The van der Waals surface area contributed by atoms with Crippen LogP contribution >= 0.6 is 11.6 Å². The first-order valence-electron chi connectivity index (χ1n) is 6.15. The van der Waals surface area contributed by atoms with Crippen LogP contribution in [-0.2, 0) is 6.54 Å². The highest BCUT2D eigenvalue weighted by atomic mass is 35.5. The Morgan fingerprint density at radius 2 is 2.05 bits per heavy atom. The Balaban J connectivity index is 1.80. The second-order valence-corrected chi connectivity index (χ2v) is 4.93. The summed E-state index contributed by atoms with van der Waals surface area (Å²) in [5, 5.41) is 4.05. The molecule has 4 heteroatoms. The predicted octanol–water partition coefficient (Wildman–Crippen LogP) is 3.91. The zero-order valence-corrected chi connectivity index (χ0v) is 11.4. The van der Waals surface area contributed by atoms with E-state index in [0.717, 1.165) is 22.1 Å². The Kier molecular flexibility index (Phi) is 3.13. The highest BCUT2D eigenvalue weighted by Gasteiger charge is 2.03. The summed E-state index contributed by atoms with van der Waals surface area (Å²) < 4.78 is 2.09. The highest BCUT2D eigenvalue weighted by Crippen LogP contribution is 2.16. The molecule has 2 heterocycles. The molecule has 0 bridgehead atoms. The maximum Gasteiger partial charge on any atom is 0.137 e. The molecule has 0 aliphatic carbocycles. The lowest BCUT2D eigenvalue weighted by atomic mass is 10.3. The minimum absolute atomic E-state index is 0.682. The number of hydrogen-bond acceptors (Lipinski definition) is 2. The summed E-state index contributed by atoms with van der Waals surface area (Å²) in [4.78, 5) is 4.58. The number of aryl methyl sites for hydroxylation is 1. The van der Waals surface area contributed by atoms with E-state index < -0.39 is 0 Å². The van der Waals surface area contributed by atoms with Gasteiger partial charge in [0.2, 0.25) is 0 Å². The predicted molar refractivity (Wildman–Crippen MR) is 78.7 cm³/mol. The third kappa shape index (κ3) is 2.56. The average Bonchev–Trinajstić information content (AvgIpc) is 2.81. The lowest BCUT2D eigenvalue weighted by molar-refractivity contribution is 1.06. The molecule has 19 heavy (non-hydrogen) atoms. The van der Waals surface area contributed by atoms with Crippen LogP contribution in [0.4, 0.5) is 5.69 Å². The number of rotatable bonds is 3. The van der Waals surface area contributed by atoms with Gasteiger partial charge in [0.1, 0.15) is 5.65 Å². The van der Waals surface area contributed by atoms with Gasteiger partial charge in [-0.15, -0.1) is 0 Å². The van der Waals surface area contributed by atoms with Gasteiger partial charge >= 0.3 is 0 Å². The van der Waals surface area contributed by atoms with Crippen LogP contribution < -0.4 is 5.32 Å². The maximum absolute atomic E-state index is 5.95. The summed E-state index contributed by atoms with van der Waals surface area (Å²) >= 11 is 5.95. The summed E-state index contributed by atoms with van der Waals surface area (Å²) in [6.45, 7) is 2.75. The quantitative estimate of drug-likeness (QED) is 0.783. The number of fused-ring (bicyclic) bond motifs is 1. The van der Waals surface area contributed by atoms with E-state index in [2.05, 4.69) is 33.9 Å². The van der Waals surface area contributed by atoms with Gasteiger partial charge in [-0.05, 0) is 37.3 Å². The number of aromatic nitrogens is 2. The van der Waals surface area contributed by atoms with Gasteiger partial charge in [0.25, 0.3) is 0 Å². The van der Waals surface area contributed by atoms with Crippen molar-refractivity contribution in [2.24, 2.45) is 0 Å². The number of nitrogens with one attached hydrogen (secondary N) is 1. The Bertz CT molecular complexity index is 718. The van der Waals surface area contributed by atoms with E-state index in [1.807, 2.05) is 36.4 Å². The molecule has 3 rings (SSSR count). The summed E-state index contributed by atoms with van der Waals surface area (Å²) in [5.41, 5.74) is 4.16. The standard InChI is InChI=1S/C15H14ClN3/c1-11-4-2-7-15-18-14(10-19(11)15)9-17-13-6-3-5-12(16)8-13/h2-8,10,17H,9H2,1H3. The lowest BCUT2D eigenvalue weighted by Crippen LogP contribution is -1.99. The number of benzene rings is 1. The van der Waals surface area contributed by atoms with Crippen molar-refractivity contribution in [3.05, 3.63) is 65.1 Å². The third-order valence-electron chi connectivity index (χ3n) is 3.04. The molecule has 0 fully saturated rings. The molecule has 0 aliphatic heterocycles. The van der Waals surface area contributed by atoms with Crippen molar-refractivity contribution in [3.8, 4) is 0 Å². The van der Waals surface area contributed by atoms with Crippen molar-refractivity contribution >= 4 is 22.9 Å². The maximum atomic E-state index is 5.95. The van der Waals surface area contributed by atoms with Gasteiger partial charge in [-0.1, -0.05) is 23.7 Å². The number of hydrogen-bond donors (Lipinski definition) is 1. The van der Waals surface area contributed by atoms with Gasteiger partial charge in [0.15, 0.2) is 0 Å². The topological polar surface area (TPSA) is 29.3 Å². The Morgan fingerprint density at radius 3 is 2.84 bits per heavy atom. The van der Waals surface area contributed by atoms with Crippen LogP contribution in [0.1, 0.15) is 11.4 Å². The Labute approximate surface area is 116 Å². The van der Waals surface area contributed by atoms with Gasteiger partial charge in [0.05, 0.1) is 12.2 Å². The second kappa shape index (κ2) is 4.94. The van der Waals surface area contributed by atoms with Crippen LogP contribution in [-0.4, -0.2) is 9.38 Å². The molecule has 0 atom stereocenters. The van der Waals surface area contributed by atoms with Crippen LogP contribution in [0.2, 0.25) is 5.02 Å². The van der Waals surface area contributed by atoms with Crippen LogP contribution in [0.5, 0.6) is 0 Å². The minimum atomic E-state index is 0.682. The van der Waals surface area contributed by atoms with Crippen molar-refractivity contribution in [1.82, 2.24) is 9.38 Å².